The smallest absolute Gasteiger partial charge is 0.373 e. The highest BCUT2D eigenvalue weighted by molar-refractivity contribution is 5.21. The summed E-state index contributed by atoms with van der Waals surface area (Å²) in [7, 11) is 0. The van der Waals surface area contributed by atoms with Crippen LogP contribution in [0.15, 0.2) is 0 Å². The summed E-state index contributed by atoms with van der Waals surface area (Å²) in [6, 6.07) is 0. The Hall–Kier alpha value is -4.60. The van der Waals surface area contributed by atoms with Crippen molar-refractivity contribution < 1.29 is 304 Å². The van der Waals surface area contributed by atoms with Crippen LogP contribution in [0.2, 0.25) is 0 Å². The number of ether oxygens (including phenoxy) is 13. The fourth-order valence-corrected chi connectivity index (χ4v) is 11.2. The third kappa shape index (κ3) is 31.4. The molecule has 10 rings (SSSR count). The highest BCUT2D eigenvalue weighted by Crippen LogP contribution is 2.38. The molecule has 10 heterocycles. The number of aliphatic hydroxyl groups excluding tert-OH is 39. The van der Waals surface area contributed by atoms with Gasteiger partial charge in [-0.3, -0.25) is 0 Å². The van der Waals surface area contributed by atoms with Crippen LogP contribution < -0.4 is 0 Å². The van der Waals surface area contributed by atoms with Gasteiger partial charge in [0.25, 0.3) is 0 Å². The van der Waals surface area contributed by atoms with Crippen molar-refractivity contribution in [3.05, 3.63) is 0 Å². The highest BCUT2D eigenvalue weighted by Gasteiger charge is 2.61. The predicted octanol–water partition coefficient (Wildman–Crippen LogP) is -28.9. The maximum absolute atomic E-state index is 10.00. The highest BCUT2D eigenvalue weighted by atomic mass is 16.8. The first kappa shape index (κ1) is 116. The fraction of sp³-hybridized carbons (Fsp3) is 0.933. The summed E-state index contributed by atoms with van der Waals surface area (Å²) < 4.78 is 64.2. The lowest BCUT2D eigenvalue weighted by atomic mass is 9.99. The molecule has 61 heteroatoms. The second kappa shape index (κ2) is 56.6. The number of carbonyl (C=O) groups excluding carboxylic acids is 8. The van der Waals surface area contributed by atoms with E-state index in [0.29, 0.717) is 0 Å². The van der Waals surface area contributed by atoms with E-state index >= 15 is 0 Å². The Morgan fingerprint density at radius 3 is 0.802 bits per heavy atom. The van der Waals surface area contributed by atoms with Gasteiger partial charge in [-0.05, 0) is 0 Å². The summed E-state index contributed by atoms with van der Waals surface area (Å²) in [6.45, 7) is -7.80. The van der Waals surface area contributed by atoms with Crippen LogP contribution in [0.4, 0.5) is 0 Å². The van der Waals surface area contributed by atoms with Gasteiger partial charge in [0.05, 0.1) is 72.7 Å². The van der Waals surface area contributed by atoms with Gasteiger partial charge in [0.2, 0.25) is 17.4 Å². The molecule has 10 aliphatic rings. The Bertz CT molecular complexity index is 2840. The van der Waals surface area contributed by atoms with Crippen LogP contribution in [0.3, 0.4) is 0 Å². The lowest BCUT2D eigenvalue weighted by Crippen LogP contribution is -2.62. The van der Waals surface area contributed by atoms with E-state index < -0.39 is 335 Å². The molecule has 43 atom stereocenters. The molecule has 0 saturated carbocycles. The van der Waals surface area contributed by atoms with Crippen LogP contribution in [0.1, 0.15) is 0 Å². The molecule has 0 bridgehead atoms. The standard InChI is InChI=1S/C12H22O11.2C11H20O10.2C6H12O6.2C5H10O5.4CO2/c13-1-4-6(16)8(18)9(19)11(21-4)23-12(3-15)10(20)7(17)5(2-14)22-12;12-1-5-7(16)9(18)11(3-13,20-5)21-10-8(17)6(15)4(14)2-19-10;12-1-3-5(14)7(16)9(18)11(19-3)21-10-8(17)6(15)4(2-13)20-10;7-1-3-4(9)5(10)6(11,2-8)12-3;7-1-2-3(8)4(9)5(10)6(11)12-2;6-2-1-10-5(9)4(8)3(2)7;6-1-2-3(7)4(8)5(9)10-2;4*2-1-3/h4-11,13-20H,1-3H2;4-10,12-18H,1-3H2;3-18H,1-2H2;3-5,7-11H,1-2H2;2-11H,1H2;2*2-9H,1H2;;;;/t4-,5-,6-,7-,8+,9-,10+,11-,12+;4-,5-,6+,7-,8-,9+,10-,11+;3-,4-,5-,6-,7+,8+,9-,10+,11-;3-,4-,5+,6-;2-,3-,4+,5-,6+;2-,3+,4-,5+;2-,3-,4+,5-;;;;/m1111111..../s1. The van der Waals surface area contributed by atoms with E-state index in [9.17, 15) is 91.9 Å². The normalized spacial score (nSPS) is 45.5. The van der Waals surface area contributed by atoms with E-state index in [4.69, 9.17) is 193 Å². The van der Waals surface area contributed by atoms with Crippen molar-refractivity contribution >= 4 is 24.6 Å². The summed E-state index contributed by atoms with van der Waals surface area (Å²) in [4.78, 5) is 65.0. The van der Waals surface area contributed by atoms with Gasteiger partial charge in [0, 0.05) is 0 Å². The Morgan fingerprint density at radius 2 is 0.496 bits per heavy atom. The SMILES string of the molecule is O=C=O.O=C=O.O=C=O.O=C=O.OC[C@H]1O[C@@H](O)[C@@H](O)[C@@H]1O.OC[C@H]1O[C@@](CO)(O[C@H]2OC[C@@H](O)[C@H](O)[C@H]2O)[C@@H](O)[C@@H]1O.OC[C@H]1O[C@@](CO)(O[C@H]2O[C@H](CO)[C@@H](O)[C@H](O)[C@H]2O)[C@@H](O)[C@@H]1O.OC[C@H]1O[C@H](O)[C@H](O)[C@@H](O)[C@@H]1O.OC[C@H]1O[C@H](O[C@@H]2O[C@H](CO)[C@@H](O)[C@@H]2O)[C@H](O)[C@@H](O)[C@@H]1O.OC[C@H]1O[C@](O)(CO)[C@@H](O)[C@@H]1O.O[C@@H]1[C@@H](O)[C@@H](O)OC[C@H]1O. The van der Waals surface area contributed by atoms with Crippen molar-refractivity contribution in [1.29, 1.82) is 0 Å². The quantitative estimate of drug-likeness (QED) is 0.0643. The van der Waals surface area contributed by atoms with Gasteiger partial charge in [0.15, 0.2) is 44.0 Å². The van der Waals surface area contributed by atoms with Crippen LogP contribution in [0, 0.1) is 0 Å². The van der Waals surface area contributed by atoms with Crippen molar-refractivity contribution in [3.63, 3.8) is 0 Å². The van der Waals surface area contributed by atoms with Crippen molar-refractivity contribution in [1.82, 2.24) is 0 Å². The number of hydrogen-bond donors (Lipinski definition) is 40. The van der Waals surface area contributed by atoms with Crippen molar-refractivity contribution in [2.45, 2.75) is 263 Å². The van der Waals surface area contributed by atoms with Gasteiger partial charge in [-0.1, -0.05) is 0 Å². The molecule has 0 spiro atoms. The molecular formula is C60H106O61. The minimum atomic E-state index is -2.22. The summed E-state index contributed by atoms with van der Waals surface area (Å²) in [5.74, 6) is -6.51. The number of hydrogen-bond acceptors (Lipinski definition) is 61. The summed E-state index contributed by atoms with van der Waals surface area (Å²) >= 11 is 0. The average molecular weight is 1800 g/mol. The van der Waals surface area contributed by atoms with Gasteiger partial charge in [-0.15, -0.1) is 0 Å². The minimum absolute atomic E-state index is 0.153. The molecule has 712 valence electrons. The van der Waals surface area contributed by atoms with Crippen LogP contribution in [0.5, 0.6) is 0 Å². The van der Waals surface area contributed by atoms with Crippen molar-refractivity contribution in [2.75, 3.05) is 85.9 Å². The maximum Gasteiger partial charge on any atom is 0.373 e. The molecule has 0 amide bonds. The fourth-order valence-electron chi connectivity index (χ4n) is 11.2. The van der Waals surface area contributed by atoms with E-state index in [0.717, 1.165) is 0 Å². The molecule has 0 aliphatic carbocycles. The van der Waals surface area contributed by atoms with Crippen LogP contribution in [0.25, 0.3) is 0 Å². The van der Waals surface area contributed by atoms with E-state index in [2.05, 4.69) is 18.9 Å². The lowest BCUT2D eigenvalue weighted by Gasteiger charge is -2.43. The third-order valence-electron chi connectivity index (χ3n) is 18.1. The van der Waals surface area contributed by atoms with Crippen LogP contribution in [-0.4, -0.2) is 578 Å². The largest absolute Gasteiger partial charge is 0.394 e. The first-order chi connectivity index (χ1) is 56.6. The Labute approximate surface area is 676 Å². The van der Waals surface area contributed by atoms with Gasteiger partial charge in [-0.2, -0.15) is 38.4 Å². The van der Waals surface area contributed by atoms with E-state index in [1.165, 1.54) is 0 Å². The molecule has 0 aromatic rings. The van der Waals surface area contributed by atoms with Crippen LogP contribution in [-0.2, 0) is 99.9 Å². The summed E-state index contributed by atoms with van der Waals surface area (Å²) in [5.41, 5.74) is 0. The minimum Gasteiger partial charge on any atom is -0.394 e. The monoisotopic (exact) mass is 1800 g/mol. The zero-order valence-corrected chi connectivity index (χ0v) is 62.2. The topological polar surface area (TPSA) is 1070 Å². The van der Waals surface area contributed by atoms with E-state index in [1.54, 1.807) is 0 Å². The maximum atomic E-state index is 10.00. The summed E-state index contributed by atoms with van der Waals surface area (Å²) in [6.07, 6.45) is -56.0. The molecular weight excluding hydrogens is 1700 g/mol. The molecule has 0 unspecified atom stereocenters. The zero-order chi connectivity index (χ0) is 93.8. The molecule has 0 aromatic heterocycles. The molecule has 10 saturated heterocycles. The number of aliphatic hydroxyl groups is 40. The van der Waals surface area contributed by atoms with Crippen LogP contribution >= 0.6 is 0 Å². The molecule has 10 fully saturated rings. The first-order valence-corrected chi connectivity index (χ1v) is 34.7. The number of rotatable bonds is 17. The average Bonchev–Trinajstić information content (AvgIpc) is 1.63. The second-order valence-corrected chi connectivity index (χ2v) is 26.0. The van der Waals surface area contributed by atoms with Gasteiger partial charge < -0.3 is 266 Å². The predicted molar refractivity (Wildman–Crippen MR) is 346 cm³/mol. The zero-order valence-electron chi connectivity index (χ0n) is 62.2. The van der Waals surface area contributed by atoms with E-state index in [-0.39, 0.29) is 37.8 Å². The molecule has 61 nitrogen and oxygen atoms in total. The molecule has 0 radical (unpaired) electrons. The first-order valence-electron chi connectivity index (χ1n) is 34.7. The Kier molecular flexibility index (Phi) is 54.4. The second-order valence-electron chi connectivity index (χ2n) is 26.0. The van der Waals surface area contributed by atoms with Crippen molar-refractivity contribution in [3.8, 4) is 0 Å². The van der Waals surface area contributed by atoms with E-state index in [1.807, 2.05) is 0 Å². The molecule has 40 N–H and O–H groups in total. The van der Waals surface area contributed by atoms with Gasteiger partial charge >= 0.3 is 24.6 Å². The molecule has 0 aromatic carbocycles. The molecule has 10 aliphatic heterocycles. The lowest BCUT2D eigenvalue weighted by molar-refractivity contribution is -0.383. The Balaban J connectivity index is 0.00000138. The van der Waals surface area contributed by atoms with Gasteiger partial charge in [-0.25, -0.2) is 0 Å². The van der Waals surface area contributed by atoms with Crippen molar-refractivity contribution in [2.24, 2.45) is 0 Å². The van der Waals surface area contributed by atoms with Gasteiger partial charge in [0.1, 0.15) is 215 Å². The summed E-state index contributed by atoms with van der Waals surface area (Å²) in [5, 5.41) is 369. The molecule has 121 heavy (non-hydrogen) atoms. The Morgan fingerprint density at radius 1 is 0.248 bits per heavy atom. The third-order valence-corrected chi connectivity index (χ3v) is 18.1.